The number of nitrogens with zero attached hydrogens (tertiary/aromatic N) is 4. The van der Waals surface area contributed by atoms with Gasteiger partial charge in [0.25, 0.3) is 0 Å². The SMILES string of the molecule is COCCOCC(=O)N1CC=C(c2cnc(C)c(-c3nc4ccccc4[nH]3)n2)CC1. The second-order valence-electron chi connectivity index (χ2n) is 7.16. The van der Waals surface area contributed by atoms with Gasteiger partial charge in [0, 0.05) is 20.2 Å². The lowest BCUT2D eigenvalue weighted by Gasteiger charge is -2.26. The Morgan fingerprint density at radius 3 is 2.87 bits per heavy atom. The molecule has 3 aromatic rings. The number of H-pyrrole nitrogens is 1. The monoisotopic (exact) mass is 407 g/mol. The van der Waals surface area contributed by atoms with Crippen molar-refractivity contribution in [2.75, 3.05) is 40.0 Å². The van der Waals surface area contributed by atoms with Crippen LogP contribution in [-0.4, -0.2) is 70.8 Å². The van der Waals surface area contributed by atoms with Crippen LogP contribution in [0.3, 0.4) is 0 Å². The third kappa shape index (κ3) is 4.39. The van der Waals surface area contributed by atoms with Crippen LogP contribution in [0.2, 0.25) is 0 Å². The van der Waals surface area contributed by atoms with Crippen LogP contribution < -0.4 is 0 Å². The van der Waals surface area contributed by atoms with Crippen LogP contribution in [0.1, 0.15) is 17.8 Å². The molecule has 0 saturated carbocycles. The molecule has 4 rings (SSSR count). The van der Waals surface area contributed by atoms with Gasteiger partial charge in [0.05, 0.1) is 41.8 Å². The predicted octanol–water partition coefficient (Wildman–Crippen LogP) is 2.61. The smallest absolute Gasteiger partial charge is 0.248 e. The maximum atomic E-state index is 12.3. The van der Waals surface area contributed by atoms with E-state index in [9.17, 15) is 4.79 Å². The summed E-state index contributed by atoms with van der Waals surface area (Å²) >= 11 is 0. The summed E-state index contributed by atoms with van der Waals surface area (Å²) in [4.78, 5) is 31.4. The van der Waals surface area contributed by atoms with E-state index in [0.717, 1.165) is 40.1 Å². The molecule has 0 aliphatic carbocycles. The number of fused-ring (bicyclic) bond motifs is 1. The minimum absolute atomic E-state index is 0.0145. The second-order valence-corrected chi connectivity index (χ2v) is 7.16. The van der Waals surface area contributed by atoms with E-state index in [1.165, 1.54) is 0 Å². The van der Waals surface area contributed by atoms with Crippen molar-refractivity contribution in [2.45, 2.75) is 13.3 Å². The van der Waals surface area contributed by atoms with Crippen LogP contribution in [-0.2, 0) is 14.3 Å². The fourth-order valence-corrected chi connectivity index (χ4v) is 3.41. The van der Waals surface area contributed by atoms with Crippen LogP contribution in [0.5, 0.6) is 0 Å². The Morgan fingerprint density at radius 2 is 2.10 bits per heavy atom. The highest BCUT2D eigenvalue weighted by Crippen LogP contribution is 2.25. The van der Waals surface area contributed by atoms with Crippen molar-refractivity contribution in [3.63, 3.8) is 0 Å². The lowest BCUT2D eigenvalue weighted by molar-refractivity contribution is -0.136. The Morgan fingerprint density at radius 1 is 1.23 bits per heavy atom. The molecule has 1 aromatic carbocycles. The van der Waals surface area contributed by atoms with E-state index < -0.39 is 0 Å². The lowest BCUT2D eigenvalue weighted by Crippen LogP contribution is -2.37. The maximum absolute atomic E-state index is 12.3. The highest BCUT2D eigenvalue weighted by molar-refractivity contribution is 5.80. The van der Waals surface area contributed by atoms with Crippen LogP contribution in [0.15, 0.2) is 36.5 Å². The first-order valence-corrected chi connectivity index (χ1v) is 9.98. The number of aryl methyl sites for hydroxylation is 1. The highest BCUT2D eigenvalue weighted by atomic mass is 16.5. The molecule has 2 aromatic heterocycles. The van der Waals surface area contributed by atoms with Crippen molar-refractivity contribution in [2.24, 2.45) is 0 Å². The second kappa shape index (κ2) is 9.15. The van der Waals surface area contributed by atoms with E-state index in [1.54, 1.807) is 18.2 Å². The summed E-state index contributed by atoms with van der Waals surface area (Å²) in [6, 6.07) is 7.90. The molecule has 156 valence electrons. The number of amides is 1. The molecule has 3 heterocycles. The molecule has 0 spiro atoms. The van der Waals surface area contributed by atoms with Crippen molar-refractivity contribution < 1.29 is 14.3 Å². The van der Waals surface area contributed by atoms with Gasteiger partial charge in [0.2, 0.25) is 5.91 Å². The van der Waals surface area contributed by atoms with Gasteiger partial charge in [-0.1, -0.05) is 18.2 Å². The Labute approximate surface area is 175 Å². The van der Waals surface area contributed by atoms with E-state index in [1.807, 2.05) is 37.3 Å². The molecule has 1 amide bonds. The molecule has 0 saturated heterocycles. The fraction of sp³-hybridized carbons (Fsp3) is 0.364. The molecule has 0 fully saturated rings. The zero-order valence-corrected chi connectivity index (χ0v) is 17.2. The van der Waals surface area contributed by atoms with Gasteiger partial charge >= 0.3 is 0 Å². The average molecular weight is 407 g/mol. The van der Waals surface area contributed by atoms with Crippen molar-refractivity contribution in [3.05, 3.63) is 47.9 Å². The summed E-state index contributed by atoms with van der Waals surface area (Å²) in [5, 5.41) is 0. The molecule has 1 aliphatic rings. The summed E-state index contributed by atoms with van der Waals surface area (Å²) in [7, 11) is 1.61. The summed E-state index contributed by atoms with van der Waals surface area (Å²) in [6.07, 6.45) is 4.55. The molecule has 8 heteroatoms. The molecule has 8 nitrogen and oxygen atoms in total. The highest BCUT2D eigenvalue weighted by Gasteiger charge is 2.20. The van der Waals surface area contributed by atoms with E-state index in [0.29, 0.717) is 32.1 Å². The zero-order chi connectivity index (χ0) is 20.9. The van der Waals surface area contributed by atoms with Gasteiger partial charge in [0.15, 0.2) is 5.82 Å². The average Bonchev–Trinajstić information content (AvgIpc) is 3.21. The van der Waals surface area contributed by atoms with Gasteiger partial charge in [-0.05, 0) is 31.1 Å². The lowest BCUT2D eigenvalue weighted by atomic mass is 10.0. The quantitative estimate of drug-likeness (QED) is 0.605. The van der Waals surface area contributed by atoms with Crippen LogP contribution in [0.25, 0.3) is 28.1 Å². The number of aromatic nitrogens is 4. The van der Waals surface area contributed by atoms with Crippen LogP contribution in [0, 0.1) is 6.92 Å². The van der Waals surface area contributed by atoms with Gasteiger partial charge < -0.3 is 19.4 Å². The molecular weight excluding hydrogens is 382 g/mol. The van der Waals surface area contributed by atoms with Gasteiger partial charge in [0.1, 0.15) is 12.3 Å². The van der Waals surface area contributed by atoms with Crippen molar-refractivity contribution in [1.82, 2.24) is 24.8 Å². The summed E-state index contributed by atoms with van der Waals surface area (Å²) < 4.78 is 10.3. The molecule has 30 heavy (non-hydrogen) atoms. The number of rotatable bonds is 7. The normalized spacial score (nSPS) is 14.2. The van der Waals surface area contributed by atoms with Gasteiger partial charge in [-0.15, -0.1) is 0 Å². The van der Waals surface area contributed by atoms with Gasteiger partial charge in [-0.3, -0.25) is 9.78 Å². The van der Waals surface area contributed by atoms with E-state index >= 15 is 0 Å². The van der Waals surface area contributed by atoms with E-state index in [4.69, 9.17) is 14.5 Å². The fourth-order valence-electron chi connectivity index (χ4n) is 3.41. The summed E-state index contributed by atoms with van der Waals surface area (Å²) in [5.41, 5.74) is 5.34. The molecule has 0 atom stereocenters. The molecular formula is C22H25N5O3. The topological polar surface area (TPSA) is 93.2 Å². The number of carbonyl (C=O) groups is 1. The first-order chi connectivity index (χ1) is 14.7. The number of carbonyl (C=O) groups excluding carboxylic acids is 1. The molecule has 0 radical (unpaired) electrons. The number of hydrogen-bond acceptors (Lipinski definition) is 6. The number of hydrogen-bond donors (Lipinski definition) is 1. The number of nitrogens with one attached hydrogen (secondary N) is 1. The van der Waals surface area contributed by atoms with Gasteiger partial charge in [-0.25, -0.2) is 9.97 Å². The number of benzene rings is 1. The number of methoxy groups -OCH3 is 1. The van der Waals surface area contributed by atoms with Gasteiger partial charge in [-0.2, -0.15) is 0 Å². The molecule has 1 aliphatic heterocycles. The molecule has 1 N–H and O–H groups in total. The third-order valence-corrected chi connectivity index (χ3v) is 5.12. The number of ether oxygens (including phenoxy) is 2. The Hall–Kier alpha value is -3.10. The van der Waals surface area contributed by atoms with Crippen LogP contribution >= 0.6 is 0 Å². The van der Waals surface area contributed by atoms with Crippen molar-refractivity contribution in [3.8, 4) is 11.5 Å². The Kier molecular flexibility index (Phi) is 6.15. The number of aromatic amines is 1. The Bertz CT molecular complexity index is 1040. The largest absolute Gasteiger partial charge is 0.382 e. The minimum Gasteiger partial charge on any atom is -0.382 e. The van der Waals surface area contributed by atoms with Crippen molar-refractivity contribution in [1.29, 1.82) is 0 Å². The summed E-state index contributed by atoms with van der Waals surface area (Å²) in [5.74, 6) is 0.698. The Balaban J connectivity index is 1.48. The van der Waals surface area contributed by atoms with Crippen molar-refractivity contribution >= 4 is 22.5 Å². The number of imidazole rings is 1. The predicted molar refractivity (Wildman–Crippen MR) is 114 cm³/mol. The standard InChI is InChI=1S/C22H25N5O3/c1-15-21(22-25-17-5-3-4-6-18(17)26-22)24-19(13-23-15)16-7-9-27(10-8-16)20(28)14-30-12-11-29-2/h3-7,13H,8-12,14H2,1-2H3,(H,25,26). The number of para-hydroxylation sites is 2. The summed E-state index contributed by atoms with van der Waals surface area (Å²) in [6.45, 7) is 4.08. The molecule has 0 unspecified atom stereocenters. The minimum atomic E-state index is -0.0145. The van der Waals surface area contributed by atoms with E-state index in [2.05, 4.69) is 15.0 Å². The third-order valence-electron chi connectivity index (χ3n) is 5.12. The first kappa shape index (κ1) is 20.2. The molecule has 0 bridgehead atoms. The van der Waals surface area contributed by atoms with Crippen LogP contribution in [0.4, 0.5) is 0 Å². The zero-order valence-electron chi connectivity index (χ0n) is 17.2. The maximum Gasteiger partial charge on any atom is 0.248 e. The van der Waals surface area contributed by atoms with E-state index in [-0.39, 0.29) is 12.5 Å². The first-order valence-electron chi connectivity index (χ1n) is 9.98.